The molecule has 0 spiro atoms. The lowest BCUT2D eigenvalue weighted by Crippen LogP contribution is -2.07. The fourth-order valence-electron chi connectivity index (χ4n) is 0.819. The lowest BCUT2D eigenvalue weighted by molar-refractivity contribution is 0.259. The van der Waals surface area contributed by atoms with Crippen LogP contribution in [-0.2, 0) is 6.61 Å². The maximum atomic E-state index is 8.73. The van der Waals surface area contributed by atoms with Gasteiger partial charge in [0, 0.05) is 6.04 Å². The molecule has 1 aromatic rings. The van der Waals surface area contributed by atoms with Gasteiger partial charge < -0.3 is 5.11 Å². The summed E-state index contributed by atoms with van der Waals surface area (Å²) in [5.74, 6) is 0.620. The first-order valence-corrected chi connectivity index (χ1v) is 3.25. The molecular weight excluding hydrogens is 130 g/mol. The van der Waals surface area contributed by atoms with Gasteiger partial charge in [0.1, 0.15) is 12.9 Å². The molecule has 10 heavy (non-hydrogen) atoms. The number of aromatic nitrogens is 3. The minimum atomic E-state index is -0.0435. The van der Waals surface area contributed by atoms with E-state index in [1.165, 1.54) is 6.33 Å². The number of hydrogen-bond donors (Lipinski definition) is 1. The molecule has 0 amide bonds. The molecule has 1 N–H and O–H groups in total. The van der Waals surface area contributed by atoms with Crippen LogP contribution in [0.5, 0.6) is 0 Å². The summed E-state index contributed by atoms with van der Waals surface area (Å²) in [6.07, 6.45) is 1.45. The number of hydrogen-bond acceptors (Lipinski definition) is 3. The minimum absolute atomic E-state index is 0.0435. The Kier molecular flexibility index (Phi) is 2.01. The zero-order valence-corrected chi connectivity index (χ0v) is 6.15. The first-order chi connectivity index (χ1) is 4.75. The molecule has 4 nitrogen and oxygen atoms in total. The molecule has 1 heterocycles. The normalized spacial score (nSPS) is 10.8. The van der Waals surface area contributed by atoms with E-state index in [0.717, 1.165) is 0 Å². The molecule has 0 saturated carbocycles. The third-order valence-electron chi connectivity index (χ3n) is 1.28. The van der Waals surface area contributed by atoms with E-state index in [-0.39, 0.29) is 12.6 Å². The second kappa shape index (κ2) is 2.79. The van der Waals surface area contributed by atoms with Crippen molar-refractivity contribution >= 4 is 0 Å². The van der Waals surface area contributed by atoms with Crippen LogP contribution < -0.4 is 0 Å². The van der Waals surface area contributed by atoms with Crippen molar-refractivity contribution in [2.75, 3.05) is 0 Å². The third kappa shape index (κ3) is 1.16. The number of aliphatic hydroxyl groups excluding tert-OH is 1. The van der Waals surface area contributed by atoms with Crippen LogP contribution in [-0.4, -0.2) is 19.9 Å². The molecule has 0 saturated heterocycles. The van der Waals surface area contributed by atoms with Crippen LogP contribution in [0.4, 0.5) is 0 Å². The Hall–Kier alpha value is -0.900. The molecule has 0 aliphatic heterocycles. The topological polar surface area (TPSA) is 50.9 Å². The quantitative estimate of drug-likeness (QED) is 0.646. The van der Waals surface area contributed by atoms with E-state index in [0.29, 0.717) is 5.82 Å². The van der Waals surface area contributed by atoms with E-state index >= 15 is 0 Å². The highest BCUT2D eigenvalue weighted by Crippen LogP contribution is 2.03. The Morgan fingerprint density at radius 1 is 1.70 bits per heavy atom. The highest BCUT2D eigenvalue weighted by Gasteiger charge is 2.04. The predicted octanol–water partition coefficient (Wildman–Crippen LogP) is 0.351. The van der Waals surface area contributed by atoms with Gasteiger partial charge in [0.15, 0.2) is 5.82 Å². The molecule has 0 aliphatic carbocycles. The maximum Gasteiger partial charge on any atom is 0.152 e. The predicted molar refractivity (Wildman–Crippen MR) is 36.3 cm³/mol. The average molecular weight is 141 g/mol. The number of rotatable bonds is 2. The summed E-state index contributed by atoms with van der Waals surface area (Å²) in [6, 6.07) is 0.268. The largest absolute Gasteiger partial charge is 0.388 e. The Morgan fingerprint density at radius 2 is 2.40 bits per heavy atom. The first-order valence-electron chi connectivity index (χ1n) is 3.25. The van der Waals surface area contributed by atoms with Gasteiger partial charge >= 0.3 is 0 Å². The highest BCUT2D eigenvalue weighted by atomic mass is 16.3. The van der Waals surface area contributed by atoms with Gasteiger partial charge in [-0.2, -0.15) is 5.10 Å². The van der Waals surface area contributed by atoms with Crippen LogP contribution in [0.3, 0.4) is 0 Å². The van der Waals surface area contributed by atoms with E-state index < -0.39 is 0 Å². The van der Waals surface area contributed by atoms with E-state index in [1.807, 2.05) is 13.8 Å². The number of nitrogens with zero attached hydrogens (tertiary/aromatic N) is 3. The fourth-order valence-corrected chi connectivity index (χ4v) is 0.819. The average Bonchev–Trinajstić information content (AvgIpc) is 2.33. The van der Waals surface area contributed by atoms with Crippen LogP contribution in [0.1, 0.15) is 25.7 Å². The lowest BCUT2D eigenvalue weighted by atomic mass is 10.4. The van der Waals surface area contributed by atoms with Crippen molar-refractivity contribution in [1.82, 2.24) is 14.8 Å². The molecule has 0 fully saturated rings. The zero-order valence-electron chi connectivity index (χ0n) is 6.15. The first kappa shape index (κ1) is 7.21. The van der Waals surface area contributed by atoms with Crippen molar-refractivity contribution in [3.63, 3.8) is 0 Å². The summed E-state index contributed by atoms with van der Waals surface area (Å²) in [5, 5.41) is 12.7. The molecule has 56 valence electrons. The smallest absolute Gasteiger partial charge is 0.152 e. The van der Waals surface area contributed by atoms with Crippen LogP contribution in [0.25, 0.3) is 0 Å². The Morgan fingerprint density at radius 3 is 2.80 bits per heavy atom. The molecule has 0 aromatic carbocycles. The minimum Gasteiger partial charge on any atom is -0.388 e. The monoisotopic (exact) mass is 141 g/mol. The summed E-state index contributed by atoms with van der Waals surface area (Å²) in [4.78, 5) is 3.86. The summed E-state index contributed by atoms with van der Waals surface area (Å²) in [5.41, 5.74) is 0. The second-order valence-electron chi connectivity index (χ2n) is 2.37. The van der Waals surface area contributed by atoms with Gasteiger partial charge in [0.25, 0.3) is 0 Å². The van der Waals surface area contributed by atoms with Crippen molar-refractivity contribution in [3.05, 3.63) is 12.2 Å². The van der Waals surface area contributed by atoms with Crippen LogP contribution in [0, 0.1) is 0 Å². The van der Waals surface area contributed by atoms with Crippen molar-refractivity contribution < 1.29 is 5.11 Å². The van der Waals surface area contributed by atoms with Crippen molar-refractivity contribution in [2.45, 2.75) is 26.5 Å². The van der Waals surface area contributed by atoms with Crippen molar-refractivity contribution in [3.8, 4) is 0 Å². The summed E-state index contributed by atoms with van der Waals surface area (Å²) >= 11 is 0. The highest BCUT2D eigenvalue weighted by molar-refractivity contribution is 4.82. The van der Waals surface area contributed by atoms with Crippen molar-refractivity contribution in [2.24, 2.45) is 0 Å². The van der Waals surface area contributed by atoms with Crippen LogP contribution >= 0.6 is 0 Å². The molecule has 0 bridgehead atoms. The van der Waals surface area contributed by atoms with Gasteiger partial charge in [0.2, 0.25) is 0 Å². The van der Waals surface area contributed by atoms with E-state index in [9.17, 15) is 0 Å². The molecule has 1 rings (SSSR count). The molecule has 0 unspecified atom stereocenters. The Bertz CT molecular complexity index is 207. The van der Waals surface area contributed by atoms with Gasteiger partial charge in [-0.25, -0.2) is 9.67 Å². The Labute approximate surface area is 59.5 Å². The van der Waals surface area contributed by atoms with Crippen molar-refractivity contribution in [1.29, 1.82) is 0 Å². The third-order valence-corrected chi connectivity index (χ3v) is 1.28. The van der Waals surface area contributed by atoms with Gasteiger partial charge in [-0.1, -0.05) is 0 Å². The van der Waals surface area contributed by atoms with Gasteiger partial charge in [-0.3, -0.25) is 0 Å². The van der Waals surface area contributed by atoms with Gasteiger partial charge in [0.05, 0.1) is 0 Å². The Balaban J connectivity index is 2.90. The van der Waals surface area contributed by atoms with E-state index in [2.05, 4.69) is 10.1 Å². The van der Waals surface area contributed by atoms with Crippen LogP contribution in [0.15, 0.2) is 6.33 Å². The van der Waals surface area contributed by atoms with E-state index in [1.54, 1.807) is 4.68 Å². The molecular formula is C6H11N3O. The fraction of sp³-hybridized carbons (Fsp3) is 0.667. The summed E-state index contributed by atoms with van der Waals surface area (Å²) in [6.45, 7) is 3.94. The molecule has 4 heteroatoms. The molecule has 0 radical (unpaired) electrons. The molecule has 0 aliphatic rings. The number of aliphatic hydroxyl groups is 1. The lowest BCUT2D eigenvalue weighted by Gasteiger charge is -2.06. The zero-order chi connectivity index (χ0) is 7.56. The molecule has 0 atom stereocenters. The second-order valence-corrected chi connectivity index (χ2v) is 2.37. The maximum absolute atomic E-state index is 8.73. The SMILES string of the molecule is CC(C)n1ncnc1CO. The summed E-state index contributed by atoms with van der Waals surface area (Å²) < 4.78 is 1.69. The van der Waals surface area contributed by atoms with E-state index in [4.69, 9.17) is 5.11 Å². The van der Waals surface area contributed by atoms with Gasteiger partial charge in [-0.15, -0.1) is 0 Å². The van der Waals surface area contributed by atoms with Crippen LogP contribution in [0.2, 0.25) is 0 Å². The summed E-state index contributed by atoms with van der Waals surface area (Å²) in [7, 11) is 0. The molecule has 1 aromatic heterocycles. The van der Waals surface area contributed by atoms with Gasteiger partial charge in [-0.05, 0) is 13.8 Å². The standard InChI is InChI=1S/C6H11N3O/c1-5(2)9-6(3-10)7-4-8-9/h4-5,10H,3H2,1-2H3.